The summed E-state index contributed by atoms with van der Waals surface area (Å²) in [5.74, 6) is 1.15. The number of carbonyl (C=O) groups excluding carboxylic acids is 1. The van der Waals surface area contributed by atoms with E-state index in [1.807, 2.05) is 6.92 Å². The van der Waals surface area contributed by atoms with Crippen LogP contribution in [-0.4, -0.2) is 35.8 Å². The van der Waals surface area contributed by atoms with Crippen LogP contribution in [0.25, 0.3) is 10.9 Å². The summed E-state index contributed by atoms with van der Waals surface area (Å²) >= 11 is 2.87. The Hall–Kier alpha value is -4.10. The Morgan fingerprint density at radius 3 is 2.44 bits per heavy atom. The van der Waals surface area contributed by atoms with Crippen molar-refractivity contribution in [2.75, 3.05) is 36.2 Å². The van der Waals surface area contributed by atoms with Crippen molar-refractivity contribution in [3.63, 3.8) is 0 Å². The van der Waals surface area contributed by atoms with Crippen molar-refractivity contribution in [2.24, 2.45) is 0 Å². The average Bonchev–Trinajstić information content (AvgIpc) is 2.89. The maximum atomic E-state index is 13.1. The van der Waals surface area contributed by atoms with Crippen molar-refractivity contribution in [3.8, 4) is 17.4 Å². The van der Waals surface area contributed by atoms with Gasteiger partial charge in [-0.1, -0.05) is 15.9 Å². The molecule has 3 aromatic carbocycles. The van der Waals surface area contributed by atoms with E-state index in [0.717, 1.165) is 6.07 Å². The Bertz CT molecular complexity index is 1470. The molecule has 0 radical (unpaired) electrons. The minimum absolute atomic E-state index is 0.0132. The monoisotopic (exact) mass is 605 g/mol. The molecule has 39 heavy (non-hydrogen) atoms. The maximum absolute atomic E-state index is 13.1. The molecule has 0 saturated carbocycles. The van der Waals surface area contributed by atoms with E-state index in [-0.39, 0.29) is 16.0 Å². The van der Waals surface area contributed by atoms with Crippen LogP contribution in [-0.2, 0) is 10.9 Å². The summed E-state index contributed by atoms with van der Waals surface area (Å²) < 4.78 is 56.0. The van der Waals surface area contributed by atoms with E-state index < -0.39 is 17.8 Å². The number of amides is 2. The molecule has 4 N–H and O–H groups in total. The summed E-state index contributed by atoms with van der Waals surface area (Å²) in [7, 11) is 0. The van der Waals surface area contributed by atoms with Crippen LogP contribution in [0.1, 0.15) is 12.5 Å². The zero-order valence-corrected chi connectivity index (χ0v) is 22.1. The van der Waals surface area contributed by atoms with Crippen LogP contribution in [0.4, 0.5) is 35.0 Å². The number of nitrogen functional groups attached to an aromatic ring is 1. The number of anilines is 3. The van der Waals surface area contributed by atoms with Crippen molar-refractivity contribution in [1.29, 1.82) is 0 Å². The van der Waals surface area contributed by atoms with Gasteiger partial charge in [-0.25, -0.2) is 14.8 Å². The number of hydrogen-bond acceptors (Lipinski definition) is 7. The number of fused-ring (bicyclic) bond motifs is 1. The molecule has 0 aliphatic carbocycles. The lowest BCUT2D eigenvalue weighted by atomic mass is 10.2. The molecule has 0 unspecified atom stereocenters. The molecule has 0 aliphatic rings. The first-order valence-electron chi connectivity index (χ1n) is 11.6. The molecule has 0 saturated heterocycles. The number of ether oxygens (including phenoxy) is 3. The number of alkyl halides is 3. The number of rotatable bonds is 9. The summed E-state index contributed by atoms with van der Waals surface area (Å²) in [5, 5.41) is 5.51. The van der Waals surface area contributed by atoms with Gasteiger partial charge in [0.15, 0.2) is 0 Å². The van der Waals surface area contributed by atoms with Crippen LogP contribution in [0.3, 0.4) is 0 Å². The first-order chi connectivity index (χ1) is 18.6. The third-order valence-electron chi connectivity index (χ3n) is 5.28. The van der Waals surface area contributed by atoms with Gasteiger partial charge in [-0.2, -0.15) is 13.2 Å². The third-order valence-corrected chi connectivity index (χ3v) is 5.97. The highest BCUT2D eigenvalue weighted by molar-refractivity contribution is 9.10. The highest BCUT2D eigenvalue weighted by atomic mass is 79.9. The van der Waals surface area contributed by atoms with Gasteiger partial charge in [0, 0.05) is 28.5 Å². The molecule has 0 aliphatic heterocycles. The summed E-state index contributed by atoms with van der Waals surface area (Å²) in [6, 6.07) is 12.4. The predicted molar refractivity (Wildman–Crippen MR) is 144 cm³/mol. The number of aromatic nitrogens is 2. The highest BCUT2D eigenvalue weighted by Crippen LogP contribution is 2.36. The van der Waals surface area contributed by atoms with Crippen LogP contribution < -0.4 is 25.8 Å². The van der Waals surface area contributed by atoms with Crippen molar-refractivity contribution < 1.29 is 32.2 Å². The molecule has 1 heterocycles. The minimum atomic E-state index is -4.57. The molecule has 0 atom stereocenters. The quantitative estimate of drug-likeness (QED) is 0.141. The first-order valence-corrected chi connectivity index (χ1v) is 12.4. The second kappa shape index (κ2) is 12.2. The van der Waals surface area contributed by atoms with Crippen LogP contribution >= 0.6 is 15.9 Å². The van der Waals surface area contributed by atoms with E-state index >= 15 is 0 Å². The molecule has 0 spiro atoms. The molecule has 0 bridgehead atoms. The third kappa shape index (κ3) is 7.27. The molecular weight excluding hydrogens is 583 g/mol. The summed E-state index contributed by atoms with van der Waals surface area (Å²) in [4.78, 5) is 20.8. The lowest BCUT2D eigenvalue weighted by Gasteiger charge is -2.13. The Balaban J connectivity index is 1.41. The Morgan fingerprint density at radius 1 is 1.00 bits per heavy atom. The topological polar surface area (TPSA) is 121 Å². The molecule has 0 fully saturated rings. The SMILES string of the molecule is CCOCCOc1cc2ncnc(Oc3ccc(NC(=O)Nc4ccc(Br)c(C(F)(F)F)c4)cc3)c2cc1N. The molecule has 4 rings (SSSR count). The largest absolute Gasteiger partial charge is 0.489 e. The summed E-state index contributed by atoms with van der Waals surface area (Å²) in [6.07, 6.45) is -3.21. The number of nitrogens with zero attached hydrogens (tertiary/aromatic N) is 2. The van der Waals surface area contributed by atoms with Gasteiger partial charge in [0.2, 0.25) is 5.88 Å². The molecule has 13 heteroatoms. The maximum Gasteiger partial charge on any atom is 0.417 e. The fraction of sp³-hybridized carbons (Fsp3) is 0.192. The fourth-order valence-electron chi connectivity index (χ4n) is 3.47. The standard InChI is InChI=1S/C26H23BrF3N5O4/c1-2-37-9-10-38-23-13-22-18(12-21(23)31)24(33-14-32-22)39-17-6-3-15(4-7-17)34-25(36)35-16-5-8-20(27)19(11-16)26(28,29)30/h3-8,11-14H,2,9-10,31H2,1H3,(H2,34,35,36). The Labute approximate surface area is 229 Å². The number of nitrogens with one attached hydrogen (secondary N) is 2. The number of hydrogen-bond donors (Lipinski definition) is 3. The van der Waals surface area contributed by atoms with Crippen molar-refractivity contribution in [3.05, 3.63) is 71.0 Å². The van der Waals surface area contributed by atoms with Gasteiger partial charge in [-0.15, -0.1) is 0 Å². The van der Waals surface area contributed by atoms with Crippen LogP contribution in [0, 0.1) is 0 Å². The van der Waals surface area contributed by atoms with Gasteiger partial charge in [0.1, 0.15) is 24.4 Å². The minimum Gasteiger partial charge on any atom is -0.489 e. The van der Waals surface area contributed by atoms with Gasteiger partial charge >= 0.3 is 12.2 Å². The second-order valence-electron chi connectivity index (χ2n) is 8.03. The normalized spacial score (nSPS) is 11.3. The molecular formula is C26H23BrF3N5O4. The number of urea groups is 1. The first kappa shape index (κ1) is 27.9. The predicted octanol–water partition coefficient (Wildman–Crippen LogP) is 6.84. The van der Waals surface area contributed by atoms with E-state index in [0.29, 0.717) is 53.6 Å². The van der Waals surface area contributed by atoms with Gasteiger partial charge in [0.25, 0.3) is 0 Å². The van der Waals surface area contributed by atoms with Gasteiger partial charge in [-0.05, 0) is 55.5 Å². The number of halogens is 4. The van der Waals surface area contributed by atoms with Gasteiger partial charge < -0.3 is 30.6 Å². The Kier molecular flexibility index (Phi) is 8.72. The molecule has 1 aromatic heterocycles. The van der Waals surface area contributed by atoms with E-state index in [1.165, 1.54) is 18.5 Å². The summed E-state index contributed by atoms with van der Waals surface area (Å²) in [5.41, 5.74) is 6.57. The van der Waals surface area contributed by atoms with Gasteiger partial charge in [0.05, 0.1) is 28.8 Å². The van der Waals surface area contributed by atoms with Crippen LogP contribution in [0.2, 0.25) is 0 Å². The second-order valence-corrected chi connectivity index (χ2v) is 8.88. The number of nitrogens with two attached hydrogens (primary N) is 1. The summed E-state index contributed by atoms with van der Waals surface area (Å²) in [6.45, 7) is 3.26. The van der Waals surface area contributed by atoms with E-state index in [2.05, 4.69) is 36.5 Å². The van der Waals surface area contributed by atoms with Gasteiger partial charge in [-0.3, -0.25) is 0 Å². The van der Waals surface area contributed by atoms with Crippen LogP contribution in [0.5, 0.6) is 17.4 Å². The van der Waals surface area contributed by atoms with E-state index in [4.69, 9.17) is 19.9 Å². The average molecular weight is 606 g/mol. The number of carbonyl (C=O) groups is 1. The molecule has 9 nitrogen and oxygen atoms in total. The van der Waals surface area contributed by atoms with E-state index in [1.54, 1.807) is 36.4 Å². The van der Waals surface area contributed by atoms with Crippen LogP contribution in [0.15, 0.2) is 65.4 Å². The molecule has 2 amide bonds. The molecule has 4 aromatic rings. The lowest BCUT2D eigenvalue weighted by Crippen LogP contribution is -2.19. The zero-order chi connectivity index (χ0) is 28.0. The number of benzene rings is 3. The zero-order valence-electron chi connectivity index (χ0n) is 20.5. The molecule has 204 valence electrons. The fourth-order valence-corrected chi connectivity index (χ4v) is 3.94. The lowest BCUT2D eigenvalue weighted by molar-refractivity contribution is -0.138. The highest BCUT2D eigenvalue weighted by Gasteiger charge is 2.33. The van der Waals surface area contributed by atoms with Crippen molar-refractivity contribution in [1.82, 2.24) is 9.97 Å². The van der Waals surface area contributed by atoms with Crippen molar-refractivity contribution in [2.45, 2.75) is 13.1 Å². The Morgan fingerprint density at radius 2 is 1.72 bits per heavy atom. The smallest absolute Gasteiger partial charge is 0.417 e. The van der Waals surface area contributed by atoms with E-state index in [9.17, 15) is 18.0 Å². The van der Waals surface area contributed by atoms with Crippen molar-refractivity contribution >= 4 is 49.9 Å².